The average molecular weight is 690 g/mol. The molecule has 54 heavy (non-hydrogen) atoms. The van der Waals surface area contributed by atoms with Crippen LogP contribution in [-0.2, 0) is 0 Å². The van der Waals surface area contributed by atoms with Gasteiger partial charge in [0, 0.05) is 55.8 Å². The molecule has 0 fully saturated rings. The fraction of sp³-hybridized carbons (Fsp3) is 0. The van der Waals surface area contributed by atoms with Gasteiger partial charge < -0.3 is 9.13 Å². The van der Waals surface area contributed by atoms with E-state index in [9.17, 15) is 0 Å². The SMILES string of the molecule is c1ccc(-c2nc(-c3ccccc3)nc(-c3cccc(-n4c5ccc6ccccc6c5c5c6ccc7ccn(-c8ccccc8)c7c6ccc54)c3)n2)cc1. The van der Waals surface area contributed by atoms with Gasteiger partial charge in [-0.15, -0.1) is 0 Å². The highest BCUT2D eigenvalue weighted by molar-refractivity contribution is 6.30. The molecule has 3 aromatic heterocycles. The number of aromatic nitrogens is 5. The van der Waals surface area contributed by atoms with Gasteiger partial charge in [0.05, 0.1) is 16.6 Å². The fourth-order valence-electron chi connectivity index (χ4n) is 8.12. The molecule has 0 unspecified atom stereocenters. The van der Waals surface area contributed by atoms with E-state index in [0.717, 1.165) is 39.1 Å². The molecule has 0 N–H and O–H groups in total. The molecule has 0 atom stereocenters. The van der Waals surface area contributed by atoms with Crippen LogP contribution in [-0.4, -0.2) is 24.1 Å². The highest BCUT2D eigenvalue weighted by Gasteiger charge is 2.20. The molecule has 252 valence electrons. The molecule has 0 spiro atoms. The average Bonchev–Trinajstić information content (AvgIpc) is 3.85. The van der Waals surface area contributed by atoms with Crippen molar-refractivity contribution in [3.63, 3.8) is 0 Å². The van der Waals surface area contributed by atoms with E-state index in [4.69, 9.17) is 15.0 Å². The Morgan fingerprint density at radius 1 is 0.352 bits per heavy atom. The Balaban J connectivity index is 1.18. The summed E-state index contributed by atoms with van der Waals surface area (Å²) in [4.78, 5) is 15.0. The predicted octanol–water partition coefficient (Wildman–Crippen LogP) is 12.2. The van der Waals surface area contributed by atoms with Gasteiger partial charge in [-0.3, -0.25) is 0 Å². The van der Waals surface area contributed by atoms with Gasteiger partial charge >= 0.3 is 0 Å². The highest BCUT2D eigenvalue weighted by atomic mass is 15.0. The number of nitrogens with zero attached hydrogens (tertiary/aromatic N) is 5. The van der Waals surface area contributed by atoms with Crippen LogP contribution in [0.2, 0.25) is 0 Å². The monoisotopic (exact) mass is 689 g/mol. The van der Waals surface area contributed by atoms with Gasteiger partial charge in [0.2, 0.25) is 0 Å². The molecule has 0 amide bonds. The zero-order valence-corrected chi connectivity index (χ0v) is 29.1. The van der Waals surface area contributed by atoms with Crippen molar-refractivity contribution in [1.82, 2.24) is 24.1 Å². The minimum absolute atomic E-state index is 0.630. The number of hydrogen-bond acceptors (Lipinski definition) is 3. The Hall–Kier alpha value is -7.37. The van der Waals surface area contributed by atoms with Crippen LogP contribution in [0.25, 0.3) is 99.8 Å². The van der Waals surface area contributed by atoms with E-state index in [1.54, 1.807) is 0 Å². The molecule has 5 heteroatoms. The largest absolute Gasteiger partial charge is 0.316 e. The minimum atomic E-state index is 0.630. The van der Waals surface area contributed by atoms with E-state index in [-0.39, 0.29) is 0 Å². The normalized spacial score (nSPS) is 11.7. The van der Waals surface area contributed by atoms with Crippen molar-refractivity contribution in [1.29, 1.82) is 0 Å². The lowest BCUT2D eigenvalue weighted by atomic mass is 9.98. The van der Waals surface area contributed by atoms with Gasteiger partial charge in [-0.05, 0) is 58.6 Å². The maximum Gasteiger partial charge on any atom is 0.164 e. The standard InChI is InChI=1S/C49H31N5/c1-4-14-34(15-5-1)47-50-48(35-16-6-2-7-17-35)52-49(51-47)36-18-12-21-38(31-36)54-42-27-24-32-13-10-11-22-39(32)44(42)45-40-25-23-33-29-30-53(37-19-8-3-9-20-37)46(33)41(40)26-28-43(45)54/h1-31H. The number of hydrogen-bond donors (Lipinski definition) is 0. The van der Waals surface area contributed by atoms with E-state index in [2.05, 4.69) is 137 Å². The zero-order valence-electron chi connectivity index (χ0n) is 29.1. The molecule has 11 rings (SSSR count). The first-order chi connectivity index (χ1) is 26.8. The highest BCUT2D eigenvalue weighted by Crippen LogP contribution is 2.42. The molecule has 5 nitrogen and oxygen atoms in total. The third-order valence-electron chi connectivity index (χ3n) is 10.6. The van der Waals surface area contributed by atoms with Gasteiger partial charge in [-0.25, -0.2) is 15.0 Å². The summed E-state index contributed by atoms with van der Waals surface area (Å²) < 4.78 is 4.71. The molecule has 0 saturated heterocycles. The van der Waals surface area contributed by atoms with Crippen molar-refractivity contribution in [3.8, 4) is 45.5 Å². The first kappa shape index (κ1) is 30.3. The van der Waals surface area contributed by atoms with Crippen molar-refractivity contribution in [3.05, 3.63) is 188 Å². The van der Waals surface area contributed by atoms with Gasteiger partial charge in [-0.2, -0.15) is 0 Å². The Bertz CT molecular complexity index is 3140. The number of benzene rings is 8. The summed E-state index contributed by atoms with van der Waals surface area (Å²) >= 11 is 0. The first-order valence-corrected chi connectivity index (χ1v) is 18.2. The Kier molecular flexibility index (Phi) is 6.79. The minimum Gasteiger partial charge on any atom is -0.316 e. The van der Waals surface area contributed by atoms with Crippen molar-refractivity contribution in [2.75, 3.05) is 0 Å². The molecule has 11 aromatic rings. The van der Waals surface area contributed by atoms with E-state index < -0.39 is 0 Å². The summed E-state index contributed by atoms with van der Waals surface area (Å²) in [5, 5.41) is 8.61. The van der Waals surface area contributed by atoms with Gasteiger partial charge in [0.1, 0.15) is 0 Å². The van der Waals surface area contributed by atoms with Crippen LogP contribution in [0, 0.1) is 0 Å². The Morgan fingerprint density at radius 3 is 1.61 bits per heavy atom. The molecular formula is C49H31N5. The summed E-state index contributed by atoms with van der Waals surface area (Å²) in [5.74, 6) is 1.92. The summed E-state index contributed by atoms with van der Waals surface area (Å²) in [6.45, 7) is 0. The van der Waals surface area contributed by atoms with Gasteiger partial charge in [0.25, 0.3) is 0 Å². The van der Waals surface area contributed by atoms with Crippen molar-refractivity contribution in [2.45, 2.75) is 0 Å². The van der Waals surface area contributed by atoms with Crippen LogP contribution in [0.15, 0.2) is 188 Å². The van der Waals surface area contributed by atoms with E-state index >= 15 is 0 Å². The molecular weight excluding hydrogens is 659 g/mol. The maximum atomic E-state index is 5.05. The molecule has 0 saturated carbocycles. The molecule has 0 bridgehead atoms. The topological polar surface area (TPSA) is 48.5 Å². The number of para-hydroxylation sites is 1. The third kappa shape index (κ3) is 4.76. The molecule has 0 aliphatic rings. The lowest BCUT2D eigenvalue weighted by Crippen LogP contribution is -2.01. The second-order valence-electron chi connectivity index (χ2n) is 13.7. The van der Waals surface area contributed by atoms with Crippen molar-refractivity contribution < 1.29 is 0 Å². The molecule has 8 aromatic carbocycles. The molecule has 3 heterocycles. The van der Waals surface area contributed by atoms with Gasteiger partial charge in [-0.1, -0.05) is 140 Å². The lowest BCUT2D eigenvalue weighted by Gasteiger charge is -2.12. The van der Waals surface area contributed by atoms with Crippen molar-refractivity contribution in [2.24, 2.45) is 0 Å². The second-order valence-corrected chi connectivity index (χ2v) is 13.7. The van der Waals surface area contributed by atoms with E-state index in [1.807, 2.05) is 60.7 Å². The number of fused-ring (bicyclic) bond motifs is 9. The Morgan fingerprint density at radius 2 is 0.889 bits per heavy atom. The summed E-state index contributed by atoms with van der Waals surface area (Å²) in [7, 11) is 0. The van der Waals surface area contributed by atoms with Crippen LogP contribution in [0.4, 0.5) is 0 Å². The van der Waals surface area contributed by atoms with Crippen molar-refractivity contribution >= 4 is 54.3 Å². The van der Waals surface area contributed by atoms with E-state index in [1.165, 1.54) is 43.2 Å². The molecule has 0 radical (unpaired) electrons. The van der Waals surface area contributed by atoms with Crippen LogP contribution in [0.1, 0.15) is 0 Å². The smallest absolute Gasteiger partial charge is 0.164 e. The van der Waals surface area contributed by atoms with Gasteiger partial charge in [0.15, 0.2) is 17.5 Å². The lowest BCUT2D eigenvalue weighted by molar-refractivity contribution is 1.07. The fourth-order valence-corrected chi connectivity index (χ4v) is 8.12. The predicted molar refractivity (Wildman–Crippen MR) is 222 cm³/mol. The van der Waals surface area contributed by atoms with Crippen LogP contribution < -0.4 is 0 Å². The summed E-state index contributed by atoms with van der Waals surface area (Å²) in [6.07, 6.45) is 2.18. The second kappa shape index (κ2) is 12.1. The summed E-state index contributed by atoms with van der Waals surface area (Å²) in [5.41, 5.74) is 8.51. The first-order valence-electron chi connectivity index (χ1n) is 18.2. The third-order valence-corrected chi connectivity index (χ3v) is 10.6. The quantitative estimate of drug-likeness (QED) is 0.181. The summed E-state index contributed by atoms with van der Waals surface area (Å²) in [6, 6.07) is 64.0. The maximum absolute atomic E-state index is 5.05. The Labute approximate surface area is 311 Å². The zero-order chi connectivity index (χ0) is 35.6. The van der Waals surface area contributed by atoms with Crippen LogP contribution in [0.5, 0.6) is 0 Å². The van der Waals surface area contributed by atoms with E-state index in [0.29, 0.717) is 17.5 Å². The number of rotatable bonds is 5. The van der Waals surface area contributed by atoms with Crippen LogP contribution >= 0.6 is 0 Å². The molecule has 0 aliphatic carbocycles. The van der Waals surface area contributed by atoms with Crippen LogP contribution in [0.3, 0.4) is 0 Å². The molecule has 0 aliphatic heterocycles.